The van der Waals surface area contributed by atoms with Crippen molar-refractivity contribution < 1.29 is 23.5 Å². The zero-order valence-corrected chi connectivity index (χ0v) is 18.9. The summed E-state index contributed by atoms with van der Waals surface area (Å²) in [7, 11) is 1.33. The van der Waals surface area contributed by atoms with Gasteiger partial charge >= 0.3 is 12.1 Å². The van der Waals surface area contributed by atoms with Gasteiger partial charge in [-0.1, -0.05) is 48.5 Å². The molecule has 0 radical (unpaired) electrons. The Labute approximate surface area is 197 Å². The molecule has 1 aliphatic rings. The average molecular weight is 464 g/mol. The summed E-state index contributed by atoms with van der Waals surface area (Å²) < 4.78 is 24.6. The quantitative estimate of drug-likeness (QED) is 0.471. The molecule has 1 amide bonds. The minimum absolute atomic E-state index is 0.177. The van der Waals surface area contributed by atoms with Crippen LogP contribution in [0.15, 0.2) is 73.1 Å². The molecule has 176 valence electrons. The van der Waals surface area contributed by atoms with Gasteiger partial charge in [0.25, 0.3) is 0 Å². The fourth-order valence-electron chi connectivity index (χ4n) is 3.94. The lowest BCUT2D eigenvalue weighted by molar-refractivity contribution is 0.0600. The molecule has 0 spiro atoms. The Morgan fingerprint density at radius 3 is 2.59 bits per heavy atom. The zero-order valence-electron chi connectivity index (χ0n) is 18.9. The monoisotopic (exact) mass is 463 g/mol. The Balaban J connectivity index is 1.60. The van der Waals surface area contributed by atoms with Crippen molar-refractivity contribution in [3.8, 4) is 0 Å². The van der Waals surface area contributed by atoms with Gasteiger partial charge in [0.05, 0.1) is 31.5 Å². The fourth-order valence-corrected chi connectivity index (χ4v) is 3.94. The Morgan fingerprint density at radius 1 is 1.12 bits per heavy atom. The summed E-state index contributed by atoms with van der Waals surface area (Å²) in [5, 5.41) is 4.22. The lowest BCUT2D eigenvalue weighted by Crippen LogP contribution is -2.37. The molecule has 1 atom stereocenters. The van der Waals surface area contributed by atoms with Crippen LogP contribution in [0.3, 0.4) is 0 Å². The minimum Gasteiger partial charge on any atom is -0.465 e. The van der Waals surface area contributed by atoms with E-state index in [1.54, 1.807) is 40.0 Å². The summed E-state index contributed by atoms with van der Waals surface area (Å²) in [5.74, 6) is -0.425. The van der Waals surface area contributed by atoms with E-state index >= 15 is 0 Å². The summed E-state index contributed by atoms with van der Waals surface area (Å²) in [6.07, 6.45) is 5.71. The van der Waals surface area contributed by atoms with Crippen LogP contribution < -0.4 is 0 Å². The normalized spacial score (nSPS) is 15.5. The Bertz CT molecular complexity index is 1160. The summed E-state index contributed by atoms with van der Waals surface area (Å²) in [4.78, 5) is 26.6. The van der Waals surface area contributed by atoms with E-state index in [-0.39, 0.29) is 13.2 Å². The highest BCUT2D eigenvalue weighted by atomic mass is 19.1. The summed E-state index contributed by atoms with van der Waals surface area (Å²) >= 11 is 0. The van der Waals surface area contributed by atoms with Crippen molar-refractivity contribution in [1.29, 1.82) is 0 Å². The molecule has 4 rings (SSSR count). The Morgan fingerprint density at radius 2 is 1.88 bits per heavy atom. The van der Waals surface area contributed by atoms with Gasteiger partial charge in [-0.15, -0.1) is 0 Å². The number of rotatable bonds is 7. The molecule has 0 fully saturated rings. The minimum atomic E-state index is -0.490. The van der Waals surface area contributed by atoms with Crippen molar-refractivity contribution in [1.82, 2.24) is 14.7 Å². The van der Waals surface area contributed by atoms with Gasteiger partial charge in [-0.3, -0.25) is 9.58 Å². The summed E-state index contributed by atoms with van der Waals surface area (Å²) in [6.45, 7) is 0.327. The molecule has 8 heteroatoms. The molecular formula is C26H26FN3O4. The molecule has 0 N–H and O–H groups in total. The predicted octanol–water partition coefficient (Wildman–Crippen LogP) is 4.81. The maximum atomic E-state index is 13.1. The Hall–Kier alpha value is -3.94. The van der Waals surface area contributed by atoms with Gasteiger partial charge in [-0.25, -0.2) is 14.0 Å². The fraction of sp³-hybridized carbons (Fsp3) is 0.269. The average Bonchev–Trinajstić information content (AvgIpc) is 3.36. The number of carbonyl (C=O) groups excluding carboxylic acids is 2. The van der Waals surface area contributed by atoms with Crippen LogP contribution in [0, 0.1) is 0 Å². The first-order chi connectivity index (χ1) is 16.6. The number of ether oxygens (including phenoxy) is 2. The first-order valence-electron chi connectivity index (χ1n) is 11.0. The van der Waals surface area contributed by atoms with Crippen molar-refractivity contribution >= 4 is 17.6 Å². The van der Waals surface area contributed by atoms with Crippen LogP contribution in [-0.2, 0) is 22.6 Å². The highest BCUT2D eigenvalue weighted by Gasteiger charge is 2.30. The molecule has 2 heterocycles. The van der Waals surface area contributed by atoms with Crippen molar-refractivity contribution in [3.05, 3.63) is 95.3 Å². The van der Waals surface area contributed by atoms with E-state index < -0.39 is 24.8 Å². The maximum absolute atomic E-state index is 13.1. The van der Waals surface area contributed by atoms with E-state index in [4.69, 9.17) is 9.47 Å². The van der Waals surface area contributed by atoms with Gasteiger partial charge in [0.2, 0.25) is 0 Å². The van der Waals surface area contributed by atoms with Gasteiger partial charge in [-0.2, -0.15) is 5.10 Å². The van der Waals surface area contributed by atoms with E-state index in [2.05, 4.69) is 5.10 Å². The van der Waals surface area contributed by atoms with Gasteiger partial charge in [0.1, 0.15) is 13.3 Å². The molecule has 0 saturated carbocycles. The van der Waals surface area contributed by atoms with Crippen molar-refractivity contribution in [3.63, 3.8) is 0 Å². The molecule has 1 aliphatic heterocycles. The molecule has 34 heavy (non-hydrogen) atoms. The van der Waals surface area contributed by atoms with Crippen LogP contribution in [0.1, 0.15) is 39.5 Å². The van der Waals surface area contributed by atoms with Crippen LogP contribution in [-0.4, -0.2) is 47.1 Å². The summed E-state index contributed by atoms with van der Waals surface area (Å²) in [5.41, 5.74) is 4.07. The highest BCUT2D eigenvalue weighted by Crippen LogP contribution is 2.34. The van der Waals surface area contributed by atoms with Crippen molar-refractivity contribution in [2.24, 2.45) is 0 Å². The number of hydrogen-bond donors (Lipinski definition) is 0. The summed E-state index contributed by atoms with van der Waals surface area (Å²) in [6, 6.07) is 16.1. The molecule has 0 bridgehead atoms. The molecule has 3 aromatic rings. The zero-order chi connectivity index (χ0) is 23.9. The SMILES string of the molecule is COC(=O)c1ccc([C@@H]2C=C(c3cnn(CCF)c3)CCN2C(=O)OCc2ccccc2)cc1. The number of benzene rings is 2. The van der Waals surface area contributed by atoms with Crippen LogP contribution in [0.25, 0.3) is 5.57 Å². The topological polar surface area (TPSA) is 73.7 Å². The second-order valence-electron chi connectivity index (χ2n) is 7.91. The molecule has 1 aromatic heterocycles. The third kappa shape index (κ3) is 5.33. The van der Waals surface area contributed by atoms with E-state index in [9.17, 15) is 14.0 Å². The number of aromatic nitrogens is 2. The van der Waals surface area contributed by atoms with Gasteiger partial charge < -0.3 is 9.47 Å². The molecular weight excluding hydrogens is 437 g/mol. The smallest absolute Gasteiger partial charge is 0.410 e. The Kier molecular flexibility index (Phi) is 7.37. The van der Waals surface area contributed by atoms with E-state index in [1.165, 1.54) is 7.11 Å². The van der Waals surface area contributed by atoms with Crippen LogP contribution in [0.4, 0.5) is 9.18 Å². The lowest BCUT2D eigenvalue weighted by atomic mass is 9.93. The number of esters is 1. The molecule has 0 saturated heterocycles. The number of nitrogens with zero attached hydrogens (tertiary/aromatic N) is 3. The van der Waals surface area contributed by atoms with Crippen LogP contribution in [0.2, 0.25) is 0 Å². The molecule has 7 nitrogen and oxygen atoms in total. The first kappa shape index (κ1) is 23.2. The second kappa shape index (κ2) is 10.8. The number of aryl methyl sites for hydroxylation is 1. The predicted molar refractivity (Wildman–Crippen MR) is 125 cm³/mol. The van der Waals surface area contributed by atoms with Crippen molar-refractivity contribution in [2.45, 2.75) is 25.6 Å². The highest BCUT2D eigenvalue weighted by molar-refractivity contribution is 5.89. The van der Waals surface area contributed by atoms with Gasteiger partial charge in [-0.05, 0) is 35.3 Å². The number of hydrogen-bond acceptors (Lipinski definition) is 5. The number of alkyl halides is 1. The number of carbonyl (C=O) groups is 2. The second-order valence-corrected chi connectivity index (χ2v) is 7.91. The first-order valence-corrected chi connectivity index (χ1v) is 11.0. The van der Waals surface area contributed by atoms with E-state index in [0.717, 1.165) is 22.3 Å². The van der Waals surface area contributed by atoms with E-state index in [1.807, 2.05) is 42.6 Å². The largest absolute Gasteiger partial charge is 0.465 e. The van der Waals surface area contributed by atoms with Crippen LogP contribution in [0.5, 0.6) is 0 Å². The number of amides is 1. The molecule has 0 aliphatic carbocycles. The van der Waals surface area contributed by atoms with Gasteiger partial charge in [0.15, 0.2) is 0 Å². The maximum Gasteiger partial charge on any atom is 0.410 e. The molecule has 0 unspecified atom stereocenters. The molecule has 2 aromatic carbocycles. The number of halogens is 1. The van der Waals surface area contributed by atoms with Gasteiger partial charge in [0, 0.05) is 18.3 Å². The van der Waals surface area contributed by atoms with E-state index in [0.29, 0.717) is 18.5 Å². The number of methoxy groups -OCH3 is 1. The third-order valence-corrected chi connectivity index (χ3v) is 5.75. The van der Waals surface area contributed by atoms with Crippen LogP contribution >= 0.6 is 0 Å². The lowest BCUT2D eigenvalue weighted by Gasteiger charge is -2.34. The third-order valence-electron chi connectivity index (χ3n) is 5.75. The van der Waals surface area contributed by atoms with Crippen molar-refractivity contribution in [2.75, 3.05) is 20.3 Å². The standard InChI is InChI=1S/C26H26FN3O4/c1-33-25(31)21-9-7-20(8-10-21)24-15-22(23-16-28-29(17-23)14-12-27)11-13-30(24)26(32)34-18-19-5-3-2-4-6-19/h2-10,15-17,24H,11-14,18H2,1H3/t24-/m0/s1.